The highest BCUT2D eigenvalue weighted by atomic mass is 16.5. The standard InChI is InChI=1S/C7H14N4O2/c1-3-12-6-5-7(13-4-2)10-11(8)9-6/h5,9H,3-4,8H2,1-2H3. The summed E-state index contributed by atoms with van der Waals surface area (Å²) in [6, 6.07) is 0. The fourth-order valence-electron chi connectivity index (χ4n) is 0.865. The van der Waals surface area contributed by atoms with Gasteiger partial charge < -0.3 is 9.47 Å². The highest BCUT2D eigenvalue weighted by Gasteiger charge is 2.11. The Labute approximate surface area is 76.9 Å². The van der Waals surface area contributed by atoms with Crippen LogP contribution < -0.4 is 11.3 Å². The van der Waals surface area contributed by atoms with Crippen LogP contribution in [0.15, 0.2) is 17.1 Å². The molecule has 0 aliphatic carbocycles. The Morgan fingerprint density at radius 2 is 2.15 bits per heavy atom. The van der Waals surface area contributed by atoms with Gasteiger partial charge in [-0.05, 0) is 13.8 Å². The van der Waals surface area contributed by atoms with Gasteiger partial charge >= 0.3 is 0 Å². The SMILES string of the molecule is CCOC1=CC(OCC)=NN(N)N1. The molecule has 0 saturated heterocycles. The van der Waals surface area contributed by atoms with E-state index >= 15 is 0 Å². The van der Waals surface area contributed by atoms with Crippen molar-refractivity contribution in [2.24, 2.45) is 10.9 Å². The summed E-state index contributed by atoms with van der Waals surface area (Å²) in [4.78, 5) is 0. The van der Waals surface area contributed by atoms with Gasteiger partial charge in [-0.1, -0.05) is 0 Å². The lowest BCUT2D eigenvalue weighted by Crippen LogP contribution is -2.43. The second-order valence-electron chi connectivity index (χ2n) is 2.27. The molecule has 0 aromatic rings. The number of hydrogen-bond acceptors (Lipinski definition) is 6. The molecule has 6 nitrogen and oxygen atoms in total. The normalized spacial score (nSPS) is 15.8. The number of nitrogens with zero attached hydrogens (tertiary/aromatic N) is 2. The summed E-state index contributed by atoms with van der Waals surface area (Å²) in [7, 11) is 0. The summed E-state index contributed by atoms with van der Waals surface area (Å²) < 4.78 is 10.4. The highest BCUT2D eigenvalue weighted by Crippen LogP contribution is 2.01. The zero-order chi connectivity index (χ0) is 9.68. The minimum Gasteiger partial charge on any atom is -0.478 e. The van der Waals surface area contributed by atoms with Gasteiger partial charge in [-0.2, -0.15) is 0 Å². The largest absolute Gasteiger partial charge is 0.478 e. The van der Waals surface area contributed by atoms with Crippen LogP contribution in [0.5, 0.6) is 0 Å². The molecule has 0 spiro atoms. The van der Waals surface area contributed by atoms with Crippen LogP contribution >= 0.6 is 0 Å². The maximum Gasteiger partial charge on any atom is 0.239 e. The van der Waals surface area contributed by atoms with Crippen LogP contribution in [0.25, 0.3) is 0 Å². The van der Waals surface area contributed by atoms with Gasteiger partial charge in [-0.25, -0.2) is 11.3 Å². The molecule has 0 saturated carbocycles. The Morgan fingerprint density at radius 3 is 2.77 bits per heavy atom. The minimum atomic E-state index is 0.437. The molecule has 0 amide bonds. The van der Waals surface area contributed by atoms with E-state index in [0.717, 1.165) is 5.23 Å². The van der Waals surface area contributed by atoms with Crippen LogP contribution in [0.4, 0.5) is 0 Å². The van der Waals surface area contributed by atoms with Crippen molar-refractivity contribution in [3.05, 3.63) is 12.0 Å². The molecule has 74 valence electrons. The fraction of sp³-hybridized carbons (Fsp3) is 0.571. The quantitative estimate of drug-likeness (QED) is 0.602. The first-order valence-electron chi connectivity index (χ1n) is 4.13. The lowest BCUT2D eigenvalue weighted by molar-refractivity contribution is 0.112. The van der Waals surface area contributed by atoms with Crippen LogP contribution in [0.1, 0.15) is 13.8 Å². The van der Waals surface area contributed by atoms with Crippen LogP contribution in [0.2, 0.25) is 0 Å². The van der Waals surface area contributed by atoms with Crippen molar-refractivity contribution in [3.8, 4) is 0 Å². The average molecular weight is 186 g/mol. The van der Waals surface area contributed by atoms with E-state index in [4.69, 9.17) is 15.3 Å². The zero-order valence-corrected chi connectivity index (χ0v) is 7.78. The fourth-order valence-corrected chi connectivity index (χ4v) is 0.865. The van der Waals surface area contributed by atoms with Crippen molar-refractivity contribution in [1.29, 1.82) is 0 Å². The van der Waals surface area contributed by atoms with Crippen LogP contribution in [-0.4, -0.2) is 24.3 Å². The van der Waals surface area contributed by atoms with E-state index in [0.29, 0.717) is 25.0 Å². The molecule has 0 unspecified atom stereocenters. The summed E-state index contributed by atoms with van der Waals surface area (Å²) >= 11 is 0. The molecule has 1 heterocycles. The number of hydrogen-bond donors (Lipinski definition) is 2. The molecule has 3 N–H and O–H groups in total. The summed E-state index contributed by atoms with van der Waals surface area (Å²) in [6.07, 6.45) is 1.65. The second kappa shape index (κ2) is 4.56. The van der Waals surface area contributed by atoms with Gasteiger partial charge in [-0.3, -0.25) is 0 Å². The maximum atomic E-state index is 5.41. The number of hydrazine groups is 2. The number of rotatable bonds is 3. The van der Waals surface area contributed by atoms with E-state index in [-0.39, 0.29) is 0 Å². The Balaban J connectivity index is 2.61. The van der Waals surface area contributed by atoms with Crippen LogP contribution in [0, 0.1) is 0 Å². The number of hydrazone groups is 1. The molecule has 0 aromatic heterocycles. The molecule has 6 heteroatoms. The highest BCUT2D eigenvalue weighted by molar-refractivity contribution is 5.88. The van der Waals surface area contributed by atoms with Crippen LogP contribution in [0.3, 0.4) is 0 Å². The van der Waals surface area contributed by atoms with Gasteiger partial charge in [0.05, 0.1) is 19.3 Å². The third-order valence-corrected chi connectivity index (χ3v) is 1.28. The first-order valence-corrected chi connectivity index (χ1v) is 4.13. The van der Waals surface area contributed by atoms with Crippen LogP contribution in [-0.2, 0) is 9.47 Å². The van der Waals surface area contributed by atoms with Crippen molar-refractivity contribution < 1.29 is 9.47 Å². The molecule has 0 fully saturated rings. The van der Waals surface area contributed by atoms with Gasteiger partial charge in [0.2, 0.25) is 11.8 Å². The van der Waals surface area contributed by atoms with E-state index in [2.05, 4.69) is 10.5 Å². The predicted octanol–water partition coefficient (Wildman–Crippen LogP) is -0.0918. The Kier molecular flexibility index (Phi) is 3.39. The topological polar surface area (TPSA) is 72.1 Å². The van der Waals surface area contributed by atoms with E-state index in [1.807, 2.05) is 13.8 Å². The van der Waals surface area contributed by atoms with Crippen molar-refractivity contribution >= 4 is 5.90 Å². The smallest absolute Gasteiger partial charge is 0.239 e. The van der Waals surface area contributed by atoms with Crippen molar-refractivity contribution in [1.82, 2.24) is 10.7 Å². The molecular weight excluding hydrogens is 172 g/mol. The molecule has 13 heavy (non-hydrogen) atoms. The van der Waals surface area contributed by atoms with Gasteiger partial charge in [0.15, 0.2) is 0 Å². The monoisotopic (exact) mass is 186 g/mol. The molecule has 1 aliphatic rings. The third-order valence-electron chi connectivity index (χ3n) is 1.28. The van der Waals surface area contributed by atoms with E-state index in [1.165, 1.54) is 0 Å². The lowest BCUT2D eigenvalue weighted by Gasteiger charge is -2.21. The molecule has 0 bridgehead atoms. The summed E-state index contributed by atoms with van der Waals surface area (Å²) in [5.41, 5.74) is 2.69. The van der Waals surface area contributed by atoms with Crippen molar-refractivity contribution in [3.63, 3.8) is 0 Å². The first kappa shape index (κ1) is 9.66. The van der Waals surface area contributed by atoms with E-state index < -0.39 is 0 Å². The molecule has 0 aromatic carbocycles. The maximum absolute atomic E-state index is 5.41. The van der Waals surface area contributed by atoms with Crippen molar-refractivity contribution in [2.75, 3.05) is 13.2 Å². The Hall–Kier alpha value is -1.43. The number of nitrogens with two attached hydrogens (primary N) is 1. The minimum absolute atomic E-state index is 0.437. The average Bonchev–Trinajstić information content (AvgIpc) is 2.04. The Morgan fingerprint density at radius 1 is 1.46 bits per heavy atom. The molecule has 0 atom stereocenters. The summed E-state index contributed by atoms with van der Waals surface area (Å²) in [5.74, 6) is 6.38. The first-order chi connectivity index (χ1) is 6.26. The molecule has 0 radical (unpaired) electrons. The summed E-state index contributed by atoms with van der Waals surface area (Å²) in [5, 5.41) is 4.89. The number of ether oxygens (including phenoxy) is 2. The van der Waals surface area contributed by atoms with E-state index in [1.54, 1.807) is 6.08 Å². The summed E-state index contributed by atoms with van der Waals surface area (Å²) in [6.45, 7) is 4.86. The van der Waals surface area contributed by atoms with Crippen molar-refractivity contribution in [2.45, 2.75) is 13.8 Å². The molecular formula is C7H14N4O2. The van der Waals surface area contributed by atoms with Gasteiger partial charge in [-0.15, -0.1) is 10.3 Å². The van der Waals surface area contributed by atoms with E-state index in [9.17, 15) is 0 Å². The second-order valence-corrected chi connectivity index (χ2v) is 2.27. The van der Waals surface area contributed by atoms with Gasteiger partial charge in [0.1, 0.15) is 0 Å². The predicted molar refractivity (Wildman–Crippen MR) is 47.9 cm³/mol. The van der Waals surface area contributed by atoms with Gasteiger partial charge in [0.25, 0.3) is 0 Å². The number of nitrogens with one attached hydrogen (secondary N) is 1. The zero-order valence-electron chi connectivity index (χ0n) is 7.78. The molecule has 1 rings (SSSR count). The molecule has 1 aliphatic heterocycles. The van der Waals surface area contributed by atoms with Gasteiger partial charge in [0, 0.05) is 0 Å². The Bertz CT molecular complexity index is 227. The third kappa shape index (κ3) is 2.83. The lowest BCUT2D eigenvalue weighted by atomic mass is 10.5.